The van der Waals surface area contributed by atoms with Gasteiger partial charge in [0.2, 0.25) is 0 Å². The number of urea groups is 1. The van der Waals surface area contributed by atoms with Gasteiger partial charge in [0, 0.05) is 38.4 Å². The zero-order chi connectivity index (χ0) is 18.6. The quantitative estimate of drug-likeness (QED) is 0.883. The van der Waals surface area contributed by atoms with Gasteiger partial charge in [0.1, 0.15) is 0 Å². The highest BCUT2D eigenvalue weighted by atomic mass is 16.2. The highest BCUT2D eigenvalue weighted by Gasteiger charge is 2.25. The fraction of sp³-hybridized carbons (Fsp3) is 0.435. The number of amides is 2. The molecule has 2 aliphatic heterocycles. The fourth-order valence-corrected chi connectivity index (χ4v) is 4.32. The van der Waals surface area contributed by atoms with E-state index >= 15 is 0 Å². The van der Waals surface area contributed by atoms with E-state index in [1.54, 1.807) is 0 Å². The maximum Gasteiger partial charge on any atom is 0.321 e. The number of likely N-dealkylation sites (tertiary alicyclic amines) is 1. The molecule has 2 heterocycles. The lowest BCUT2D eigenvalue weighted by Gasteiger charge is -2.36. The Kier molecular flexibility index (Phi) is 5.44. The summed E-state index contributed by atoms with van der Waals surface area (Å²) in [4.78, 5) is 17.1. The van der Waals surface area contributed by atoms with Gasteiger partial charge in [-0.15, -0.1) is 0 Å². The van der Waals surface area contributed by atoms with Crippen LogP contribution < -0.4 is 5.32 Å². The van der Waals surface area contributed by atoms with E-state index in [0.717, 1.165) is 63.2 Å². The van der Waals surface area contributed by atoms with Crippen LogP contribution in [0.2, 0.25) is 0 Å². The van der Waals surface area contributed by atoms with Crippen molar-refractivity contribution in [2.24, 2.45) is 5.92 Å². The minimum absolute atomic E-state index is 0.0333. The number of anilines is 1. The van der Waals surface area contributed by atoms with Crippen LogP contribution in [-0.2, 0) is 13.0 Å². The molecule has 0 saturated carbocycles. The van der Waals surface area contributed by atoms with Crippen LogP contribution in [0.15, 0.2) is 48.5 Å². The van der Waals surface area contributed by atoms with E-state index < -0.39 is 0 Å². The Morgan fingerprint density at radius 3 is 2.59 bits per heavy atom. The highest BCUT2D eigenvalue weighted by molar-refractivity contribution is 5.89. The first-order chi connectivity index (χ1) is 13.2. The number of nitrogens with zero attached hydrogens (tertiary/aromatic N) is 2. The molecule has 1 fully saturated rings. The third-order valence-corrected chi connectivity index (χ3v) is 5.90. The molecule has 27 heavy (non-hydrogen) atoms. The molecule has 1 saturated heterocycles. The molecule has 0 unspecified atom stereocenters. The molecule has 0 spiro atoms. The van der Waals surface area contributed by atoms with Gasteiger partial charge in [-0.05, 0) is 60.9 Å². The first-order valence-electron chi connectivity index (χ1n) is 10.1. The number of piperidine rings is 1. The molecule has 4 heteroatoms. The Hall–Kier alpha value is -2.33. The monoisotopic (exact) mass is 363 g/mol. The molecule has 4 nitrogen and oxygen atoms in total. The van der Waals surface area contributed by atoms with Crippen LogP contribution in [0.1, 0.15) is 29.5 Å². The van der Waals surface area contributed by atoms with Gasteiger partial charge >= 0.3 is 6.03 Å². The number of aryl methyl sites for hydroxylation is 1. The highest BCUT2D eigenvalue weighted by Crippen LogP contribution is 2.24. The molecular formula is C23H29N3O. The van der Waals surface area contributed by atoms with Crippen LogP contribution in [0.3, 0.4) is 0 Å². The van der Waals surface area contributed by atoms with E-state index in [2.05, 4.69) is 34.5 Å². The van der Waals surface area contributed by atoms with Gasteiger partial charge in [-0.25, -0.2) is 4.79 Å². The molecule has 1 N–H and O–H groups in total. The standard InChI is InChI=1S/C23H29N3O/c1-18-5-4-8-22(15-18)24-23(27)26-13-9-19(10-14-26)16-25-12-11-20-6-2-3-7-21(20)17-25/h2-8,15,19H,9-14,16-17H2,1H3,(H,24,27). The first-order valence-corrected chi connectivity index (χ1v) is 10.1. The third-order valence-electron chi connectivity index (χ3n) is 5.90. The normalized spacial score (nSPS) is 18.2. The van der Waals surface area contributed by atoms with Crippen LogP contribution in [0.4, 0.5) is 10.5 Å². The van der Waals surface area contributed by atoms with Gasteiger partial charge in [-0.2, -0.15) is 0 Å². The van der Waals surface area contributed by atoms with Gasteiger partial charge in [-0.3, -0.25) is 4.90 Å². The molecule has 0 aromatic heterocycles. The summed E-state index contributed by atoms with van der Waals surface area (Å²) in [6.45, 7) is 7.14. The fourth-order valence-electron chi connectivity index (χ4n) is 4.32. The molecule has 0 atom stereocenters. The minimum Gasteiger partial charge on any atom is -0.325 e. The Morgan fingerprint density at radius 2 is 1.81 bits per heavy atom. The van der Waals surface area contributed by atoms with Crippen LogP contribution in [0.25, 0.3) is 0 Å². The Balaban J connectivity index is 1.25. The second-order valence-corrected chi connectivity index (χ2v) is 7.98. The summed E-state index contributed by atoms with van der Waals surface area (Å²) in [6.07, 6.45) is 3.35. The van der Waals surface area contributed by atoms with Crippen molar-refractivity contribution in [2.45, 2.75) is 32.7 Å². The summed E-state index contributed by atoms with van der Waals surface area (Å²) >= 11 is 0. The predicted molar refractivity (Wildman–Crippen MR) is 110 cm³/mol. The summed E-state index contributed by atoms with van der Waals surface area (Å²) in [6, 6.07) is 16.8. The summed E-state index contributed by atoms with van der Waals surface area (Å²) in [5.74, 6) is 0.693. The summed E-state index contributed by atoms with van der Waals surface area (Å²) in [5.41, 5.74) is 5.04. The van der Waals surface area contributed by atoms with Crippen molar-refractivity contribution in [1.29, 1.82) is 0 Å². The van der Waals surface area contributed by atoms with Crippen LogP contribution in [-0.4, -0.2) is 42.0 Å². The Bertz CT molecular complexity index is 796. The zero-order valence-electron chi connectivity index (χ0n) is 16.2. The number of rotatable bonds is 3. The van der Waals surface area contributed by atoms with Crippen LogP contribution >= 0.6 is 0 Å². The number of carbonyl (C=O) groups is 1. The second kappa shape index (κ2) is 8.13. The Morgan fingerprint density at radius 1 is 1.04 bits per heavy atom. The SMILES string of the molecule is Cc1cccc(NC(=O)N2CCC(CN3CCc4ccccc4C3)CC2)c1. The number of carbonyl (C=O) groups excluding carboxylic acids is 1. The van der Waals surface area contributed by atoms with E-state index in [1.165, 1.54) is 11.1 Å². The molecule has 2 aromatic rings. The van der Waals surface area contributed by atoms with E-state index in [4.69, 9.17) is 0 Å². The summed E-state index contributed by atoms with van der Waals surface area (Å²) in [7, 11) is 0. The minimum atomic E-state index is 0.0333. The number of nitrogens with one attached hydrogen (secondary N) is 1. The number of benzene rings is 2. The van der Waals surface area contributed by atoms with Crippen LogP contribution in [0, 0.1) is 12.8 Å². The number of hydrogen-bond donors (Lipinski definition) is 1. The van der Waals surface area contributed by atoms with E-state index in [1.807, 2.05) is 36.1 Å². The molecule has 2 aromatic carbocycles. The van der Waals surface area contributed by atoms with Gasteiger partial charge in [-0.1, -0.05) is 36.4 Å². The lowest BCUT2D eigenvalue weighted by Crippen LogP contribution is -2.44. The molecule has 2 aliphatic rings. The lowest BCUT2D eigenvalue weighted by molar-refractivity contribution is 0.147. The smallest absolute Gasteiger partial charge is 0.321 e. The van der Waals surface area contributed by atoms with E-state index in [-0.39, 0.29) is 6.03 Å². The largest absolute Gasteiger partial charge is 0.325 e. The summed E-state index contributed by atoms with van der Waals surface area (Å²) < 4.78 is 0. The predicted octanol–water partition coefficient (Wildman–Crippen LogP) is 4.30. The molecule has 4 rings (SSSR count). The van der Waals surface area contributed by atoms with Crippen molar-refractivity contribution >= 4 is 11.7 Å². The van der Waals surface area contributed by atoms with Crippen molar-refractivity contribution in [2.75, 3.05) is 31.5 Å². The molecule has 142 valence electrons. The average molecular weight is 364 g/mol. The van der Waals surface area contributed by atoms with Crippen molar-refractivity contribution in [3.05, 3.63) is 65.2 Å². The molecular weight excluding hydrogens is 334 g/mol. The third kappa shape index (κ3) is 4.51. The maximum atomic E-state index is 12.5. The average Bonchev–Trinajstić information content (AvgIpc) is 2.68. The van der Waals surface area contributed by atoms with Crippen molar-refractivity contribution in [3.8, 4) is 0 Å². The lowest BCUT2D eigenvalue weighted by atomic mass is 9.94. The van der Waals surface area contributed by atoms with Crippen molar-refractivity contribution in [1.82, 2.24) is 9.80 Å². The van der Waals surface area contributed by atoms with Gasteiger partial charge in [0.25, 0.3) is 0 Å². The molecule has 2 amide bonds. The van der Waals surface area contributed by atoms with Crippen molar-refractivity contribution in [3.63, 3.8) is 0 Å². The van der Waals surface area contributed by atoms with Crippen molar-refractivity contribution < 1.29 is 4.79 Å². The maximum absolute atomic E-state index is 12.5. The van der Waals surface area contributed by atoms with Gasteiger partial charge in [0.05, 0.1) is 0 Å². The van der Waals surface area contributed by atoms with Crippen LogP contribution in [0.5, 0.6) is 0 Å². The topological polar surface area (TPSA) is 35.6 Å². The van der Waals surface area contributed by atoms with Gasteiger partial charge < -0.3 is 10.2 Å². The zero-order valence-corrected chi connectivity index (χ0v) is 16.2. The van der Waals surface area contributed by atoms with E-state index in [9.17, 15) is 4.79 Å². The molecule has 0 radical (unpaired) electrons. The first kappa shape index (κ1) is 18.1. The number of fused-ring (bicyclic) bond motifs is 1. The molecule has 0 aliphatic carbocycles. The second-order valence-electron chi connectivity index (χ2n) is 7.98. The molecule has 0 bridgehead atoms. The summed E-state index contributed by atoms with van der Waals surface area (Å²) in [5, 5.41) is 3.04. The Labute approximate surface area is 162 Å². The number of hydrogen-bond acceptors (Lipinski definition) is 2. The van der Waals surface area contributed by atoms with Gasteiger partial charge in [0.15, 0.2) is 0 Å². The van der Waals surface area contributed by atoms with E-state index in [0.29, 0.717) is 5.92 Å².